The second-order valence-electron chi connectivity index (χ2n) is 6.00. The number of hydrogen-bond acceptors (Lipinski definition) is 4. The minimum absolute atomic E-state index is 0.0944. The Balaban J connectivity index is 1.86. The fraction of sp³-hybridized carbons (Fsp3) is 0.316. The van der Waals surface area contributed by atoms with Gasteiger partial charge in [0.05, 0.1) is 5.69 Å². The Kier molecular flexibility index (Phi) is 5.58. The molecule has 0 aliphatic carbocycles. The Morgan fingerprint density at radius 2 is 2.04 bits per heavy atom. The molecule has 0 saturated carbocycles. The van der Waals surface area contributed by atoms with Crippen molar-refractivity contribution in [1.82, 2.24) is 20.1 Å². The van der Waals surface area contributed by atoms with Gasteiger partial charge in [-0.3, -0.25) is 4.79 Å². The lowest BCUT2D eigenvalue weighted by Gasteiger charge is -2.07. The van der Waals surface area contributed by atoms with Crippen LogP contribution in [0.4, 0.5) is 4.39 Å². The van der Waals surface area contributed by atoms with E-state index in [1.54, 1.807) is 30.1 Å². The minimum atomic E-state index is -0.281. The average Bonchev–Trinajstić information content (AvgIpc) is 2.95. The summed E-state index contributed by atoms with van der Waals surface area (Å²) in [7, 11) is 1.63. The van der Waals surface area contributed by atoms with E-state index in [1.807, 2.05) is 13.0 Å². The number of nitrogens with zero attached hydrogens (tertiary/aromatic N) is 3. The fourth-order valence-electron chi connectivity index (χ4n) is 2.90. The van der Waals surface area contributed by atoms with Gasteiger partial charge in [0.25, 0.3) is 0 Å². The van der Waals surface area contributed by atoms with Crippen molar-refractivity contribution in [3.05, 3.63) is 48.0 Å². The van der Waals surface area contributed by atoms with Gasteiger partial charge >= 0.3 is 0 Å². The summed E-state index contributed by atoms with van der Waals surface area (Å²) in [5.41, 5.74) is 3.21. The SMILES string of the molecule is COCCCNC(=O)Cn1nc(C)c2c(-c3ccc(F)cc3)ccnc21. The van der Waals surface area contributed by atoms with Crippen molar-refractivity contribution in [2.75, 3.05) is 20.3 Å². The quantitative estimate of drug-likeness (QED) is 0.661. The van der Waals surface area contributed by atoms with Gasteiger partial charge < -0.3 is 10.1 Å². The third-order valence-corrected chi connectivity index (χ3v) is 4.10. The van der Waals surface area contributed by atoms with Crippen molar-refractivity contribution >= 4 is 16.9 Å². The zero-order chi connectivity index (χ0) is 18.5. The van der Waals surface area contributed by atoms with Crippen LogP contribution in [0.1, 0.15) is 12.1 Å². The zero-order valence-corrected chi connectivity index (χ0v) is 14.8. The molecule has 0 radical (unpaired) electrons. The van der Waals surface area contributed by atoms with E-state index in [9.17, 15) is 9.18 Å². The number of amides is 1. The Labute approximate surface area is 151 Å². The van der Waals surface area contributed by atoms with Crippen LogP contribution < -0.4 is 5.32 Å². The monoisotopic (exact) mass is 356 g/mol. The first-order chi connectivity index (χ1) is 12.6. The lowest BCUT2D eigenvalue weighted by atomic mass is 10.0. The Morgan fingerprint density at radius 1 is 1.27 bits per heavy atom. The van der Waals surface area contributed by atoms with Crippen molar-refractivity contribution in [2.45, 2.75) is 19.9 Å². The van der Waals surface area contributed by atoms with E-state index >= 15 is 0 Å². The number of methoxy groups -OCH3 is 1. The summed E-state index contributed by atoms with van der Waals surface area (Å²) in [4.78, 5) is 16.5. The highest BCUT2D eigenvalue weighted by Crippen LogP contribution is 2.29. The first kappa shape index (κ1) is 18.0. The van der Waals surface area contributed by atoms with Crippen molar-refractivity contribution in [3.8, 4) is 11.1 Å². The van der Waals surface area contributed by atoms with E-state index in [-0.39, 0.29) is 18.3 Å². The number of aromatic nitrogens is 3. The van der Waals surface area contributed by atoms with Crippen LogP contribution in [0.25, 0.3) is 22.2 Å². The molecule has 6 nitrogen and oxygen atoms in total. The summed E-state index contributed by atoms with van der Waals surface area (Å²) in [5, 5.41) is 8.18. The molecule has 3 aromatic rings. The van der Waals surface area contributed by atoms with Crippen LogP contribution in [-0.4, -0.2) is 40.9 Å². The predicted octanol–water partition coefficient (Wildman–Crippen LogP) is 2.70. The summed E-state index contributed by atoms with van der Waals surface area (Å²) in [6, 6.07) is 8.18. The first-order valence-corrected chi connectivity index (χ1v) is 8.44. The van der Waals surface area contributed by atoms with Crippen LogP contribution in [0.5, 0.6) is 0 Å². The highest BCUT2D eigenvalue weighted by atomic mass is 19.1. The van der Waals surface area contributed by atoms with E-state index in [4.69, 9.17) is 4.74 Å². The normalized spacial score (nSPS) is 11.0. The van der Waals surface area contributed by atoms with E-state index in [0.29, 0.717) is 18.8 Å². The van der Waals surface area contributed by atoms with Crippen LogP contribution in [0, 0.1) is 12.7 Å². The number of hydrogen-bond donors (Lipinski definition) is 1. The molecule has 136 valence electrons. The lowest BCUT2D eigenvalue weighted by Crippen LogP contribution is -2.29. The molecule has 0 fully saturated rings. The second-order valence-corrected chi connectivity index (χ2v) is 6.00. The van der Waals surface area contributed by atoms with Gasteiger partial charge in [0.15, 0.2) is 5.65 Å². The third kappa shape index (κ3) is 3.88. The summed E-state index contributed by atoms with van der Waals surface area (Å²) in [6.45, 7) is 3.13. The number of aryl methyl sites for hydroxylation is 1. The van der Waals surface area contributed by atoms with E-state index in [0.717, 1.165) is 28.6 Å². The largest absolute Gasteiger partial charge is 0.385 e. The van der Waals surface area contributed by atoms with Gasteiger partial charge in [-0.25, -0.2) is 14.1 Å². The Hall–Kier alpha value is -2.80. The summed E-state index contributed by atoms with van der Waals surface area (Å²) in [5.74, 6) is -0.406. The third-order valence-electron chi connectivity index (χ3n) is 4.10. The van der Waals surface area contributed by atoms with Crippen LogP contribution in [0.15, 0.2) is 36.5 Å². The van der Waals surface area contributed by atoms with Crippen molar-refractivity contribution in [2.24, 2.45) is 0 Å². The standard InChI is InChI=1S/C19H21FN4O2/c1-13-18-16(14-4-6-15(20)7-5-14)8-10-22-19(18)24(23-13)12-17(25)21-9-3-11-26-2/h4-8,10H,3,9,11-12H2,1-2H3,(H,21,25). The molecular weight excluding hydrogens is 335 g/mol. The molecule has 0 aliphatic heterocycles. The van der Waals surface area contributed by atoms with Crippen LogP contribution >= 0.6 is 0 Å². The number of pyridine rings is 1. The smallest absolute Gasteiger partial charge is 0.241 e. The summed E-state index contributed by atoms with van der Waals surface area (Å²) >= 11 is 0. The van der Waals surface area contributed by atoms with Gasteiger partial charge in [0.1, 0.15) is 12.4 Å². The molecule has 1 amide bonds. The van der Waals surface area contributed by atoms with Crippen molar-refractivity contribution in [1.29, 1.82) is 0 Å². The fourth-order valence-corrected chi connectivity index (χ4v) is 2.90. The van der Waals surface area contributed by atoms with Crippen LogP contribution in [0.3, 0.4) is 0 Å². The average molecular weight is 356 g/mol. The maximum Gasteiger partial charge on any atom is 0.241 e. The molecule has 7 heteroatoms. The molecule has 0 unspecified atom stereocenters. The molecule has 0 bridgehead atoms. The molecule has 1 aromatic carbocycles. The number of ether oxygens (including phenoxy) is 1. The highest BCUT2D eigenvalue weighted by Gasteiger charge is 2.15. The number of carbonyl (C=O) groups excluding carboxylic acids is 1. The van der Waals surface area contributed by atoms with Crippen LogP contribution in [0.2, 0.25) is 0 Å². The highest BCUT2D eigenvalue weighted by molar-refractivity contribution is 5.95. The molecule has 3 rings (SSSR count). The predicted molar refractivity (Wildman–Crippen MR) is 97.2 cm³/mol. The number of carbonyl (C=O) groups is 1. The molecule has 0 aliphatic rings. The summed E-state index contributed by atoms with van der Waals surface area (Å²) < 4.78 is 19.8. The molecule has 0 spiro atoms. The molecule has 26 heavy (non-hydrogen) atoms. The second kappa shape index (κ2) is 8.05. The van der Waals surface area contributed by atoms with Gasteiger partial charge in [-0.1, -0.05) is 12.1 Å². The number of nitrogens with one attached hydrogen (secondary N) is 1. The number of fused-ring (bicyclic) bond motifs is 1. The van der Waals surface area contributed by atoms with Gasteiger partial charge in [0, 0.05) is 31.8 Å². The molecule has 0 saturated heterocycles. The summed E-state index contributed by atoms with van der Waals surface area (Å²) in [6.07, 6.45) is 2.43. The molecule has 1 N–H and O–H groups in total. The number of halogens is 1. The van der Waals surface area contributed by atoms with E-state index in [1.165, 1.54) is 12.1 Å². The van der Waals surface area contributed by atoms with E-state index in [2.05, 4.69) is 15.4 Å². The van der Waals surface area contributed by atoms with Gasteiger partial charge in [0.2, 0.25) is 5.91 Å². The number of benzene rings is 1. The topological polar surface area (TPSA) is 69.0 Å². The van der Waals surface area contributed by atoms with Crippen molar-refractivity contribution < 1.29 is 13.9 Å². The first-order valence-electron chi connectivity index (χ1n) is 8.44. The van der Waals surface area contributed by atoms with Crippen molar-refractivity contribution in [3.63, 3.8) is 0 Å². The van der Waals surface area contributed by atoms with E-state index < -0.39 is 0 Å². The Bertz CT molecular complexity index is 906. The zero-order valence-electron chi connectivity index (χ0n) is 14.8. The lowest BCUT2D eigenvalue weighted by molar-refractivity contribution is -0.121. The van der Waals surface area contributed by atoms with Crippen LogP contribution in [-0.2, 0) is 16.1 Å². The minimum Gasteiger partial charge on any atom is -0.385 e. The van der Waals surface area contributed by atoms with Gasteiger partial charge in [-0.05, 0) is 42.7 Å². The molecule has 0 atom stereocenters. The molecular formula is C19H21FN4O2. The number of rotatable bonds is 7. The maximum atomic E-state index is 13.2. The Morgan fingerprint density at radius 3 is 2.77 bits per heavy atom. The molecule has 2 aromatic heterocycles. The maximum absolute atomic E-state index is 13.2. The van der Waals surface area contributed by atoms with Gasteiger partial charge in [-0.15, -0.1) is 0 Å². The molecule has 2 heterocycles. The van der Waals surface area contributed by atoms with Gasteiger partial charge in [-0.2, -0.15) is 5.10 Å².